The van der Waals surface area contributed by atoms with Gasteiger partial charge in [0.05, 0.1) is 0 Å². The Morgan fingerprint density at radius 3 is 2.05 bits per heavy atom. The molecule has 0 aliphatic carbocycles. The van der Waals surface area contributed by atoms with Gasteiger partial charge >= 0.3 is 0 Å². The molecule has 2 aromatic rings. The zero-order chi connectivity index (χ0) is 15.5. The van der Waals surface area contributed by atoms with E-state index in [-0.39, 0.29) is 23.9 Å². The first kappa shape index (κ1) is 14.7. The smallest absolute Gasteiger partial charge is 0.206 e. The molecule has 3 atom stereocenters. The molecule has 0 spiro atoms. The number of carbonyl (C=O) groups excluding carboxylic acids is 1. The Hall–Kier alpha value is -2.26. The van der Waals surface area contributed by atoms with Gasteiger partial charge in [0.2, 0.25) is 6.17 Å². The molecule has 3 rings (SSSR count). The molecule has 0 bridgehead atoms. The molecule has 0 saturated carbocycles. The lowest BCUT2D eigenvalue weighted by molar-refractivity contribution is -0.738. The summed E-state index contributed by atoms with van der Waals surface area (Å²) < 4.78 is 0. The molecule has 0 aromatic heterocycles. The molecule has 0 radical (unpaired) electrons. The van der Waals surface area contributed by atoms with E-state index in [1.165, 1.54) is 11.1 Å². The summed E-state index contributed by atoms with van der Waals surface area (Å²) >= 11 is 0. The highest BCUT2D eigenvalue weighted by molar-refractivity contribution is 6.04. The zero-order valence-electron chi connectivity index (χ0n) is 12.9. The minimum atomic E-state index is -0.151. The topological polar surface area (TPSA) is 46.0 Å². The molecular weight excluding hydrogens is 272 g/mol. The van der Waals surface area contributed by atoms with Crippen LogP contribution in [0.5, 0.6) is 0 Å². The fourth-order valence-electron chi connectivity index (χ4n) is 3.27. The molecule has 1 aliphatic rings. The van der Waals surface area contributed by atoms with Crippen LogP contribution in [-0.4, -0.2) is 11.5 Å². The van der Waals surface area contributed by atoms with Gasteiger partial charge in [-0.2, -0.15) is 0 Å². The van der Waals surface area contributed by atoms with Crippen molar-refractivity contribution in [2.24, 2.45) is 10.9 Å². The van der Waals surface area contributed by atoms with E-state index in [4.69, 9.17) is 4.99 Å². The van der Waals surface area contributed by atoms with Gasteiger partial charge in [0.25, 0.3) is 0 Å². The lowest BCUT2D eigenvalue weighted by Gasteiger charge is -2.31. The predicted octanol–water partition coefficient (Wildman–Crippen LogP) is 2.67. The molecule has 22 heavy (non-hydrogen) atoms. The molecule has 1 aliphatic heterocycles. The largest absolute Gasteiger partial charge is 0.314 e. The Kier molecular flexibility index (Phi) is 4.16. The average molecular weight is 293 g/mol. The molecule has 112 valence electrons. The van der Waals surface area contributed by atoms with Crippen molar-refractivity contribution >= 4 is 11.5 Å². The Balaban J connectivity index is 2.01. The van der Waals surface area contributed by atoms with Crippen molar-refractivity contribution in [3.05, 3.63) is 71.8 Å². The molecule has 0 amide bonds. The molecule has 0 saturated heterocycles. The van der Waals surface area contributed by atoms with Crippen LogP contribution in [0, 0.1) is 5.92 Å². The van der Waals surface area contributed by atoms with Crippen molar-refractivity contribution in [3.8, 4) is 0 Å². The standard InChI is InChI=1S/C19H20N2O/c1-13-17(14(2)22)18(15-9-5-3-6-10-15)21-19(20-13)16-11-7-4-8-12-16/h3-12,17-19,21H,1-2H3/p+1/t17?,18-,19-/m0/s1. The van der Waals surface area contributed by atoms with E-state index in [1.807, 2.05) is 43.3 Å². The van der Waals surface area contributed by atoms with Gasteiger partial charge in [0.15, 0.2) is 0 Å². The molecule has 3 heteroatoms. The van der Waals surface area contributed by atoms with Crippen molar-refractivity contribution < 1.29 is 10.1 Å². The number of hydrogen-bond acceptors (Lipinski definition) is 2. The van der Waals surface area contributed by atoms with Gasteiger partial charge in [0.1, 0.15) is 17.7 Å². The van der Waals surface area contributed by atoms with Crippen LogP contribution >= 0.6 is 0 Å². The van der Waals surface area contributed by atoms with Gasteiger partial charge in [-0.3, -0.25) is 4.79 Å². The molecule has 1 unspecified atom stereocenters. The highest BCUT2D eigenvalue weighted by atomic mass is 16.1. The first-order valence-corrected chi connectivity index (χ1v) is 7.66. The van der Waals surface area contributed by atoms with Crippen LogP contribution < -0.4 is 5.32 Å². The van der Waals surface area contributed by atoms with Crippen LogP contribution in [0.4, 0.5) is 0 Å². The molecule has 0 fully saturated rings. The Morgan fingerprint density at radius 1 is 0.955 bits per heavy atom. The third kappa shape index (κ3) is 2.85. The summed E-state index contributed by atoms with van der Waals surface area (Å²) in [6, 6.07) is 20.6. The summed E-state index contributed by atoms with van der Waals surface area (Å²) in [6.07, 6.45) is 0.0157. The van der Waals surface area contributed by atoms with Crippen molar-refractivity contribution in [2.75, 3.05) is 0 Å². The molecule has 2 aromatic carbocycles. The fraction of sp³-hybridized carbons (Fsp3) is 0.263. The van der Waals surface area contributed by atoms with E-state index in [2.05, 4.69) is 29.6 Å². The summed E-state index contributed by atoms with van der Waals surface area (Å²) in [7, 11) is 0. The molecular formula is C19H21N2O+. The highest BCUT2D eigenvalue weighted by Gasteiger charge is 2.38. The number of nitrogens with two attached hydrogens (primary N) is 1. The van der Waals surface area contributed by atoms with E-state index in [0.29, 0.717) is 0 Å². The number of nitrogens with zero attached hydrogens (tertiary/aromatic N) is 1. The zero-order valence-corrected chi connectivity index (χ0v) is 12.9. The number of quaternary nitrogens is 1. The number of rotatable bonds is 3. The third-order valence-electron chi connectivity index (χ3n) is 4.31. The van der Waals surface area contributed by atoms with Crippen molar-refractivity contribution in [1.82, 2.24) is 0 Å². The third-order valence-corrected chi connectivity index (χ3v) is 4.31. The van der Waals surface area contributed by atoms with E-state index in [9.17, 15) is 4.79 Å². The maximum atomic E-state index is 12.1. The van der Waals surface area contributed by atoms with Gasteiger partial charge in [0, 0.05) is 16.8 Å². The molecule has 2 N–H and O–H groups in total. The fourth-order valence-corrected chi connectivity index (χ4v) is 3.27. The van der Waals surface area contributed by atoms with Crippen LogP contribution in [0.1, 0.15) is 37.2 Å². The van der Waals surface area contributed by atoms with Crippen molar-refractivity contribution in [1.29, 1.82) is 0 Å². The lowest BCUT2D eigenvalue weighted by Crippen LogP contribution is -2.89. The molecule has 3 nitrogen and oxygen atoms in total. The van der Waals surface area contributed by atoms with Crippen LogP contribution in [0.25, 0.3) is 0 Å². The maximum Gasteiger partial charge on any atom is 0.206 e. The van der Waals surface area contributed by atoms with Gasteiger partial charge in [-0.1, -0.05) is 60.7 Å². The number of benzene rings is 2. The van der Waals surface area contributed by atoms with Gasteiger partial charge < -0.3 is 5.32 Å². The second-order valence-electron chi connectivity index (χ2n) is 5.84. The highest BCUT2D eigenvalue weighted by Crippen LogP contribution is 2.27. The first-order valence-electron chi connectivity index (χ1n) is 7.66. The number of ketones is 1. The summed E-state index contributed by atoms with van der Waals surface area (Å²) in [5.74, 6) is 0.0280. The SMILES string of the molecule is CC(=O)C1C(C)=N[C@H](c2ccccc2)[NH2+][C@H]1c1ccccc1. The Bertz CT molecular complexity index is 679. The minimum absolute atomic E-state index is 0.0157. The summed E-state index contributed by atoms with van der Waals surface area (Å²) in [4.78, 5) is 16.9. The monoisotopic (exact) mass is 293 g/mol. The number of Topliss-reactive ketones (excluding diaryl/α,β-unsaturated/α-hetero) is 1. The number of carbonyl (C=O) groups is 1. The van der Waals surface area contributed by atoms with Crippen molar-refractivity contribution in [3.63, 3.8) is 0 Å². The summed E-state index contributed by atoms with van der Waals surface area (Å²) in [6.45, 7) is 3.64. The van der Waals surface area contributed by atoms with Crippen molar-refractivity contribution in [2.45, 2.75) is 26.1 Å². The summed E-state index contributed by atoms with van der Waals surface area (Å²) in [5, 5.41) is 2.21. The second-order valence-corrected chi connectivity index (χ2v) is 5.84. The Morgan fingerprint density at radius 2 is 1.50 bits per heavy atom. The Labute approximate surface area is 131 Å². The van der Waals surface area contributed by atoms with Gasteiger partial charge in [-0.15, -0.1) is 0 Å². The lowest BCUT2D eigenvalue weighted by atomic mass is 9.84. The van der Waals surface area contributed by atoms with E-state index in [0.717, 1.165) is 5.71 Å². The number of hydrogen-bond donors (Lipinski definition) is 1. The minimum Gasteiger partial charge on any atom is -0.314 e. The van der Waals surface area contributed by atoms with Crippen LogP contribution in [0.2, 0.25) is 0 Å². The second kappa shape index (κ2) is 6.24. The normalized spacial score (nSPS) is 24.6. The van der Waals surface area contributed by atoms with Crippen LogP contribution in [0.3, 0.4) is 0 Å². The average Bonchev–Trinajstić information content (AvgIpc) is 2.55. The van der Waals surface area contributed by atoms with E-state index < -0.39 is 0 Å². The maximum absolute atomic E-state index is 12.1. The first-order chi connectivity index (χ1) is 10.7. The van der Waals surface area contributed by atoms with Crippen LogP contribution in [0.15, 0.2) is 65.7 Å². The van der Waals surface area contributed by atoms with E-state index >= 15 is 0 Å². The number of aliphatic imine (C=N–C) groups is 1. The van der Waals surface area contributed by atoms with Gasteiger partial charge in [-0.05, 0) is 13.8 Å². The quantitative estimate of drug-likeness (QED) is 0.929. The predicted molar refractivity (Wildman–Crippen MR) is 87.6 cm³/mol. The van der Waals surface area contributed by atoms with Crippen LogP contribution in [-0.2, 0) is 4.79 Å². The summed E-state index contributed by atoms with van der Waals surface area (Å²) in [5.41, 5.74) is 3.28. The van der Waals surface area contributed by atoms with Gasteiger partial charge in [-0.25, -0.2) is 4.99 Å². The molecule has 1 heterocycles. The van der Waals surface area contributed by atoms with E-state index in [1.54, 1.807) is 6.92 Å².